The third kappa shape index (κ3) is 3.01. The average Bonchev–Trinajstić information content (AvgIpc) is 2.16. The van der Waals surface area contributed by atoms with E-state index in [4.69, 9.17) is 17.3 Å². The Balaban J connectivity index is 2.65. The van der Waals surface area contributed by atoms with E-state index in [1.54, 1.807) is 24.3 Å². The smallest absolute Gasteiger partial charge is 0.241 e. The summed E-state index contributed by atoms with van der Waals surface area (Å²) in [7, 11) is 0. The molecule has 0 aliphatic heterocycles. The van der Waals surface area contributed by atoms with E-state index >= 15 is 0 Å². The van der Waals surface area contributed by atoms with Crippen molar-refractivity contribution in [2.75, 3.05) is 5.32 Å². The van der Waals surface area contributed by atoms with E-state index in [9.17, 15) is 4.79 Å². The second kappa shape index (κ2) is 4.98. The highest BCUT2D eigenvalue weighted by Crippen LogP contribution is 2.14. The van der Waals surface area contributed by atoms with Crippen LogP contribution in [0.1, 0.15) is 13.3 Å². The molecule has 0 heterocycles. The third-order valence-corrected chi connectivity index (χ3v) is 2.10. The lowest BCUT2D eigenvalue weighted by atomic mass is 10.2. The topological polar surface area (TPSA) is 55.1 Å². The molecule has 1 atom stereocenters. The van der Waals surface area contributed by atoms with E-state index in [-0.39, 0.29) is 5.91 Å². The second-order valence-electron chi connectivity index (χ2n) is 3.01. The van der Waals surface area contributed by atoms with Gasteiger partial charge in [-0.3, -0.25) is 4.79 Å². The fourth-order valence-corrected chi connectivity index (χ4v) is 1.18. The Morgan fingerprint density at radius 2 is 2.36 bits per heavy atom. The Hall–Kier alpha value is -1.06. The molecule has 0 bridgehead atoms. The first-order valence-corrected chi connectivity index (χ1v) is 4.83. The molecule has 1 aromatic rings. The summed E-state index contributed by atoms with van der Waals surface area (Å²) in [5, 5.41) is 3.28. The van der Waals surface area contributed by atoms with Crippen LogP contribution < -0.4 is 11.1 Å². The molecule has 0 radical (unpaired) electrons. The van der Waals surface area contributed by atoms with Crippen molar-refractivity contribution < 1.29 is 4.79 Å². The molecule has 3 N–H and O–H groups in total. The summed E-state index contributed by atoms with van der Waals surface area (Å²) in [6.07, 6.45) is 0.617. The zero-order chi connectivity index (χ0) is 10.6. The Bertz CT molecular complexity index is 328. The Kier molecular flexibility index (Phi) is 3.92. The van der Waals surface area contributed by atoms with Crippen LogP contribution in [0, 0.1) is 0 Å². The van der Waals surface area contributed by atoms with Gasteiger partial charge in [-0.05, 0) is 24.6 Å². The van der Waals surface area contributed by atoms with E-state index in [1.165, 1.54) is 0 Å². The summed E-state index contributed by atoms with van der Waals surface area (Å²) in [4.78, 5) is 11.4. The van der Waals surface area contributed by atoms with Crippen LogP contribution in [-0.4, -0.2) is 11.9 Å². The van der Waals surface area contributed by atoms with Crippen LogP contribution >= 0.6 is 11.6 Å². The van der Waals surface area contributed by atoms with E-state index < -0.39 is 6.04 Å². The standard InChI is InChI=1S/C10H13ClN2O/c1-2-9(12)10(14)13-8-5-3-4-7(11)6-8/h3-6,9H,2,12H2,1H3,(H,13,14). The summed E-state index contributed by atoms with van der Waals surface area (Å²) in [6.45, 7) is 1.86. The first-order valence-electron chi connectivity index (χ1n) is 4.45. The van der Waals surface area contributed by atoms with Gasteiger partial charge in [-0.15, -0.1) is 0 Å². The Morgan fingerprint density at radius 3 is 2.93 bits per heavy atom. The zero-order valence-corrected chi connectivity index (χ0v) is 8.71. The predicted octanol–water partition coefficient (Wildman–Crippen LogP) is 2.02. The number of anilines is 1. The maximum atomic E-state index is 11.4. The van der Waals surface area contributed by atoms with Crippen LogP contribution in [0.15, 0.2) is 24.3 Å². The largest absolute Gasteiger partial charge is 0.325 e. The first kappa shape index (κ1) is 11.0. The number of nitrogens with one attached hydrogen (secondary N) is 1. The van der Waals surface area contributed by atoms with Crippen molar-refractivity contribution in [2.24, 2.45) is 5.73 Å². The first-order chi connectivity index (χ1) is 6.63. The molecular formula is C10H13ClN2O. The van der Waals surface area contributed by atoms with Crippen molar-refractivity contribution in [1.29, 1.82) is 0 Å². The molecule has 1 rings (SSSR count). The summed E-state index contributed by atoms with van der Waals surface area (Å²) >= 11 is 5.76. The maximum absolute atomic E-state index is 11.4. The van der Waals surface area contributed by atoms with Gasteiger partial charge in [0.2, 0.25) is 5.91 Å². The predicted molar refractivity (Wildman–Crippen MR) is 58.3 cm³/mol. The van der Waals surface area contributed by atoms with Gasteiger partial charge in [-0.2, -0.15) is 0 Å². The molecule has 0 aliphatic carbocycles. The number of benzene rings is 1. The quantitative estimate of drug-likeness (QED) is 0.806. The molecule has 0 aromatic heterocycles. The number of carbonyl (C=O) groups excluding carboxylic acids is 1. The summed E-state index contributed by atoms with van der Waals surface area (Å²) in [5.74, 6) is -0.185. The Morgan fingerprint density at radius 1 is 1.64 bits per heavy atom. The molecule has 0 aliphatic rings. The van der Waals surface area contributed by atoms with Crippen LogP contribution in [0.25, 0.3) is 0 Å². The highest BCUT2D eigenvalue weighted by Gasteiger charge is 2.10. The van der Waals surface area contributed by atoms with Crippen LogP contribution in [0.2, 0.25) is 5.02 Å². The number of rotatable bonds is 3. The summed E-state index contributed by atoms with van der Waals surface area (Å²) in [5.41, 5.74) is 6.23. The van der Waals surface area contributed by atoms with Gasteiger partial charge in [-0.25, -0.2) is 0 Å². The molecular weight excluding hydrogens is 200 g/mol. The number of halogens is 1. The molecule has 0 saturated heterocycles. The third-order valence-electron chi connectivity index (χ3n) is 1.87. The van der Waals surface area contributed by atoms with Crippen molar-refractivity contribution in [1.82, 2.24) is 0 Å². The minimum atomic E-state index is -0.464. The van der Waals surface area contributed by atoms with Crippen molar-refractivity contribution in [3.8, 4) is 0 Å². The average molecular weight is 213 g/mol. The van der Waals surface area contributed by atoms with Crippen molar-refractivity contribution in [3.63, 3.8) is 0 Å². The monoisotopic (exact) mass is 212 g/mol. The van der Waals surface area contributed by atoms with Gasteiger partial charge < -0.3 is 11.1 Å². The number of hydrogen-bond donors (Lipinski definition) is 2. The minimum absolute atomic E-state index is 0.185. The number of hydrogen-bond acceptors (Lipinski definition) is 2. The maximum Gasteiger partial charge on any atom is 0.241 e. The fourth-order valence-electron chi connectivity index (χ4n) is 0.987. The molecule has 1 aromatic carbocycles. The molecule has 3 nitrogen and oxygen atoms in total. The van der Waals surface area contributed by atoms with Gasteiger partial charge in [0, 0.05) is 10.7 Å². The van der Waals surface area contributed by atoms with Crippen LogP contribution in [0.5, 0.6) is 0 Å². The van der Waals surface area contributed by atoms with Gasteiger partial charge in [0.1, 0.15) is 0 Å². The van der Waals surface area contributed by atoms with E-state index in [0.717, 1.165) is 0 Å². The van der Waals surface area contributed by atoms with Crippen molar-refractivity contribution in [2.45, 2.75) is 19.4 Å². The molecule has 0 spiro atoms. The van der Waals surface area contributed by atoms with Crippen molar-refractivity contribution >= 4 is 23.2 Å². The number of nitrogens with two attached hydrogens (primary N) is 1. The van der Waals surface area contributed by atoms with E-state index in [2.05, 4.69) is 5.32 Å². The van der Waals surface area contributed by atoms with Gasteiger partial charge in [0.25, 0.3) is 0 Å². The molecule has 14 heavy (non-hydrogen) atoms. The number of carbonyl (C=O) groups is 1. The van der Waals surface area contributed by atoms with Crippen LogP contribution in [0.3, 0.4) is 0 Å². The summed E-state index contributed by atoms with van der Waals surface area (Å²) < 4.78 is 0. The lowest BCUT2D eigenvalue weighted by Crippen LogP contribution is -2.34. The normalized spacial score (nSPS) is 12.2. The van der Waals surface area contributed by atoms with Crippen LogP contribution in [-0.2, 0) is 4.79 Å². The highest BCUT2D eigenvalue weighted by atomic mass is 35.5. The van der Waals surface area contributed by atoms with Gasteiger partial charge in [-0.1, -0.05) is 24.6 Å². The van der Waals surface area contributed by atoms with Gasteiger partial charge in [0.05, 0.1) is 6.04 Å². The van der Waals surface area contributed by atoms with Crippen LogP contribution in [0.4, 0.5) is 5.69 Å². The lowest BCUT2D eigenvalue weighted by Gasteiger charge is -2.09. The van der Waals surface area contributed by atoms with Crippen molar-refractivity contribution in [3.05, 3.63) is 29.3 Å². The lowest BCUT2D eigenvalue weighted by molar-refractivity contribution is -0.117. The van der Waals surface area contributed by atoms with E-state index in [1.807, 2.05) is 6.92 Å². The van der Waals surface area contributed by atoms with E-state index in [0.29, 0.717) is 17.1 Å². The fraction of sp³-hybridized carbons (Fsp3) is 0.300. The van der Waals surface area contributed by atoms with Gasteiger partial charge in [0.15, 0.2) is 0 Å². The Labute approximate surface area is 88.2 Å². The minimum Gasteiger partial charge on any atom is -0.325 e. The highest BCUT2D eigenvalue weighted by molar-refractivity contribution is 6.30. The molecule has 0 saturated carbocycles. The second-order valence-corrected chi connectivity index (χ2v) is 3.45. The summed E-state index contributed by atoms with van der Waals surface area (Å²) in [6, 6.07) is 6.51. The zero-order valence-electron chi connectivity index (χ0n) is 7.96. The molecule has 4 heteroatoms. The molecule has 76 valence electrons. The number of amides is 1. The SMILES string of the molecule is CCC(N)C(=O)Nc1cccc(Cl)c1. The van der Waals surface area contributed by atoms with Gasteiger partial charge >= 0.3 is 0 Å². The molecule has 1 unspecified atom stereocenters. The molecule has 0 fully saturated rings. The molecule has 1 amide bonds.